The smallest absolute Gasteiger partial charge is 0.261 e. The molecule has 0 aliphatic heterocycles. The van der Waals surface area contributed by atoms with Crippen molar-refractivity contribution in [2.24, 2.45) is 5.92 Å². The van der Waals surface area contributed by atoms with E-state index in [1.54, 1.807) is 19.9 Å². The molecule has 2 rings (SSSR count). The molecule has 0 fully saturated rings. The van der Waals surface area contributed by atoms with Crippen LogP contribution in [0.5, 0.6) is 5.75 Å². The van der Waals surface area contributed by atoms with Crippen molar-refractivity contribution >= 4 is 21.8 Å². The number of carbonyl (C=O) groups excluding carboxylic acids is 2. The molecular formula is C22H29N3O6S. The molecule has 0 radical (unpaired) electrons. The van der Waals surface area contributed by atoms with E-state index in [0.29, 0.717) is 17.9 Å². The van der Waals surface area contributed by atoms with Gasteiger partial charge < -0.3 is 10.1 Å². The molecule has 0 aliphatic rings. The molecule has 2 aromatic rings. The van der Waals surface area contributed by atoms with Crippen molar-refractivity contribution in [2.45, 2.75) is 44.2 Å². The van der Waals surface area contributed by atoms with E-state index in [-0.39, 0.29) is 23.6 Å². The average molecular weight is 464 g/mol. The number of aryl methyl sites for hydroxylation is 1. The molecule has 0 aromatic heterocycles. The van der Waals surface area contributed by atoms with Crippen LogP contribution in [0.3, 0.4) is 0 Å². The first-order valence-electron chi connectivity index (χ1n) is 10.1. The molecule has 0 heterocycles. The first-order chi connectivity index (χ1) is 15.2. The van der Waals surface area contributed by atoms with Crippen molar-refractivity contribution in [1.82, 2.24) is 15.5 Å². The minimum absolute atomic E-state index is 0.0628. The Balaban J connectivity index is 2.18. The van der Waals surface area contributed by atoms with Gasteiger partial charge in [-0.2, -0.15) is 4.72 Å². The van der Waals surface area contributed by atoms with E-state index in [0.717, 1.165) is 5.56 Å². The minimum atomic E-state index is -4.13. The van der Waals surface area contributed by atoms with Gasteiger partial charge in [0.15, 0.2) is 0 Å². The lowest BCUT2D eigenvalue weighted by Crippen LogP contribution is -2.48. The summed E-state index contributed by atoms with van der Waals surface area (Å²) in [6.45, 7) is 3.67. The van der Waals surface area contributed by atoms with Gasteiger partial charge in [-0.15, -0.1) is 0 Å². The van der Waals surface area contributed by atoms with Gasteiger partial charge in [0.25, 0.3) is 5.91 Å². The van der Waals surface area contributed by atoms with Crippen LogP contribution in [0.4, 0.5) is 0 Å². The Hall–Kier alpha value is -2.95. The van der Waals surface area contributed by atoms with Gasteiger partial charge in [0.05, 0.1) is 12.0 Å². The summed E-state index contributed by atoms with van der Waals surface area (Å²) in [5.41, 5.74) is 2.81. The Morgan fingerprint density at radius 1 is 1.09 bits per heavy atom. The highest BCUT2D eigenvalue weighted by Gasteiger charge is 2.29. The lowest BCUT2D eigenvalue weighted by molar-refractivity contribution is -0.131. The minimum Gasteiger partial charge on any atom is -0.497 e. The third-order valence-corrected chi connectivity index (χ3v) is 6.39. The van der Waals surface area contributed by atoms with Crippen LogP contribution in [-0.2, 0) is 32.6 Å². The molecule has 9 nitrogen and oxygen atoms in total. The van der Waals surface area contributed by atoms with Crippen LogP contribution in [-0.4, -0.2) is 38.6 Å². The zero-order valence-corrected chi connectivity index (χ0v) is 19.1. The van der Waals surface area contributed by atoms with Gasteiger partial charge in [0, 0.05) is 13.0 Å². The van der Waals surface area contributed by atoms with Gasteiger partial charge in [-0.05, 0) is 41.7 Å². The molecule has 1 atom stereocenters. The second-order valence-corrected chi connectivity index (χ2v) is 9.24. The number of ether oxygens (including phenoxy) is 1. The van der Waals surface area contributed by atoms with E-state index < -0.39 is 27.9 Å². The fourth-order valence-electron chi connectivity index (χ4n) is 3.07. The van der Waals surface area contributed by atoms with Gasteiger partial charge in [0.1, 0.15) is 11.8 Å². The summed E-state index contributed by atoms with van der Waals surface area (Å²) in [6, 6.07) is 12.7. The summed E-state index contributed by atoms with van der Waals surface area (Å²) in [7, 11) is -2.67. The average Bonchev–Trinajstić information content (AvgIpc) is 2.79. The molecule has 2 aromatic carbocycles. The second kappa shape index (κ2) is 11.6. The number of hydrogen-bond donors (Lipinski definition) is 4. The topological polar surface area (TPSA) is 134 Å². The van der Waals surface area contributed by atoms with Crippen molar-refractivity contribution in [3.05, 3.63) is 59.7 Å². The lowest BCUT2D eigenvalue weighted by atomic mass is 10.1. The summed E-state index contributed by atoms with van der Waals surface area (Å²) in [5, 5.41) is 11.7. The van der Waals surface area contributed by atoms with Crippen LogP contribution in [0, 0.1) is 5.92 Å². The van der Waals surface area contributed by atoms with Crippen LogP contribution in [0.25, 0.3) is 0 Å². The van der Waals surface area contributed by atoms with Crippen LogP contribution in [0.1, 0.15) is 31.4 Å². The number of rotatable bonds is 11. The van der Waals surface area contributed by atoms with E-state index in [4.69, 9.17) is 9.94 Å². The number of amides is 2. The number of methoxy groups -OCH3 is 1. The lowest BCUT2D eigenvalue weighted by Gasteiger charge is -2.21. The quantitative estimate of drug-likeness (QED) is 0.296. The number of carbonyl (C=O) groups is 2. The van der Waals surface area contributed by atoms with Gasteiger partial charge >= 0.3 is 0 Å². The first kappa shape index (κ1) is 25.3. The van der Waals surface area contributed by atoms with E-state index in [1.807, 2.05) is 30.3 Å². The summed E-state index contributed by atoms with van der Waals surface area (Å²) in [6.07, 6.45) is 0.208. The zero-order chi connectivity index (χ0) is 23.7. The molecule has 0 saturated heterocycles. The Labute approximate surface area is 188 Å². The van der Waals surface area contributed by atoms with Crippen molar-refractivity contribution in [3.63, 3.8) is 0 Å². The number of benzene rings is 2. The number of hydroxylamine groups is 1. The maximum absolute atomic E-state index is 13.0. The fourth-order valence-corrected chi connectivity index (χ4v) is 4.66. The molecule has 174 valence electrons. The molecule has 0 saturated carbocycles. The van der Waals surface area contributed by atoms with Gasteiger partial charge in [-0.25, -0.2) is 13.9 Å². The van der Waals surface area contributed by atoms with Gasteiger partial charge in [0.2, 0.25) is 15.9 Å². The predicted octanol–water partition coefficient (Wildman–Crippen LogP) is 1.75. The van der Waals surface area contributed by atoms with Gasteiger partial charge in [-0.1, -0.05) is 44.2 Å². The zero-order valence-electron chi connectivity index (χ0n) is 18.3. The van der Waals surface area contributed by atoms with Crippen LogP contribution in [0.2, 0.25) is 0 Å². The highest BCUT2D eigenvalue weighted by molar-refractivity contribution is 7.89. The highest BCUT2D eigenvalue weighted by Crippen LogP contribution is 2.24. The molecule has 0 unspecified atom stereocenters. The van der Waals surface area contributed by atoms with Crippen LogP contribution in [0.15, 0.2) is 53.4 Å². The second-order valence-electron chi connectivity index (χ2n) is 7.56. The fraction of sp³-hybridized carbons (Fsp3) is 0.364. The molecular weight excluding hydrogens is 434 g/mol. The van der Waals surface area contributed by atoms with E-state index in [2.05, 4.69) is 10.0 Å². The Bertz CT molecular complexity index is 1030. The van der Waals surface area contributed by atoms with Gasteiger partial charge in [-0.3, -0.25) is 14.8 Å². The standard InChI is InChI=1S/C22H29N3O6S/c1-15(2)21(22(27)24-28)25-32(29,30)19-11-10-18(31-3)13-17(19)9-12-20(26)23-14-16-7-5-4-6-8-16/h4-8,10-11,13,15,21,25,28H,9,12,14H2,1-3H3,(H,23,26)(H,24,27)/t21-/m1/s1. The largest absolute Gasteiger partial charge is 0.497 e. The molecule has 2 amide bonds. The molecule has 32 heavy (non-hydrogen) atoms. The third-order valence-electron chi connectivity index (χ3n) is 4.85. The van der Waals surface area contributed by atoms with E-state index in [9.17, 15) is 18.0 Å². The maximum Gasteiger partial charge on any atom is 0.261 e. The maximum atomic E-state index is 13.0. The number of nitrogens with one attached hydrogen (secondary N) is 3. The first-order valence-corrected chi connectivity index (χ1v) is 11.6. The van der Waals surface area contributed by atoms with Crippen molar-refractivity contribution in [2.75, 3.05) is 7.11 Å². The summed E-state index contributed by atoms with van der Waals surface area (Å²) in [5.74, 6) is -1.06. The Kier molecular flexibility index (Phi) is 9.18. The third kappa shape index (κ3) is 7.04. The molecule has 4 N–H and O–H groups in total. The Morgan fingerprint density at radius 2 is 1.78 bits per heavy atom. The van der Waals surface area contributed by atoms with Crippen molar-refractivity contribution < 1.29 is 28.0 Å². The molecule has 0 aliphatic carbocycles. The monoisotopic (exact) mass is 463 g/mol. The highest BCUT2D eigenvalue weighted by atomic mass is 32.2. The predicted molar refractivity (Wildman–Crippen MR) is 118 cm³/mol. The van der Waals surface area contributed by atoms with Crippen LogP contribution >= 0.6 is 0 Å². The number of sulfonamides is 1. The number of hydrogen-bond acceptors (Lipinski definition) is 6. The van der Waals surface area contributed by atoms with Crippen LogP contribution < -0.4 is 20.3 Å². The normalized spacial score (nSPS) is 12.3. The summed E-state index contributed by atoms with van der Waals surface area (Å²) in [4.78, 5) is 24.1. The van der Waals surface area contributed by atoms with Crippen molar-refractivity contribution in [3.8, 4) is 5.75 Å². The SMILES string of the molecule is COc1ccc(S(=O)(=O)N[C@@H](C(=O)NO)C(C)C)c(CCC(=O)NCc2ccccc2)c1. The summed E-state index contributed by atoms with van der Waals surface area (Å²) < 4.78 is 33.6. The van der Waals surface area contributed by atoms with Crippen molar-refractivity contribution in [1.29, 1.82) is 0 Å². The molecule has 0 bridgehead atoms. The Morgan fingerprint density at radius 3 is 2.38 bits per heavy atom. The molecule has 10 heteroatoms. The van der Waals surface area contributed by atoms with E-state index >= 15 is 0 Å². The van der Waals surface area contributed by atoms with E-state index in [1.165, 1.54) is 24.7 Å². The molecule has 0 spiro atoms. The summed E-state index contributed by atoms with van der Waals surface area (Å²) >= 11 is 0.